The molecular formula is C24H14ClNO2. The normalized spacial score (nSPS) is 14.8. The standard InChI is InChI=1S/C24H14ClNO2/c25-16-11-9-15(10-12-16)24-17-5-1-3-7-19(17)27-21-13-26-14-22(23(21)24)28-20-8-4-2-6-18(20)24/h1-14H. The van der Waals surface area contributed by atoms with E-state index in [-0.39, 0.29) is 0 Å². The minimum Gasteiger partial charge on any atom is -0.455 e. The number of para-hydroxylation sites is 2. The molecular weight excluding hydrogens is 370 g/mol. The number of hydrogen-bond acceptors (Lipinski definition) is 3. The van der Waals surface area contributed by atoms with E-state index in [9.17, 15) is 0 Å². The molecule has 4 heteroatoms. The van der Waals surface area contributed by atoms with E-state index < -0.39 is 5.41 Å². The lowest BCUT2D eigenvalue weighted by Gasteiger charge is -2.44. The van der Waals surface area contributed by atoms with E-state index in [1.165, 1.54) is 0 Å². The van der Waals surface area contributed by atoms with Crippen molar-refractivity contribution in [1.29, 1.82) is 0 Å². The van der Waals surface area contributed by atoms with Crippen LogP contribution >= 0.6 is 11.6 Å². The molecule has 3 heterocycles. The van der Waals surface area contributed by atoms with Crippen LogP contribution < -0.4 is 9.47 Å². The quantitative estimate of drug-likeness (QED) is 0.332. The fraction of sp³-hybridized carbons (Fsp3) is 0.0417. The van der Waals surface area contributed by atoms with Crippen molar-refractivity contribution in [3.05, 3.63) is 112 Å². The maximum absolute atomic E-state index is 6.24. The van der Waals surface area contributed by atoms with E-state index in [0.717, 1.165) is 33.8 Å². The number of pyridine rings is 1. The third-order valence-corrected chi connectivity index (χ3v) is 5.80. The van der Waals surface area contributed by atoms with Gasteiger partial charge in [-0.3, -0.25) is 4.98 Å². The second-order valence-electron chi connectivity index (χ2n) is 6.96. The van der Waals surface area contributed by atoms with Gasteiger partial charge in [-0.05, 0) is 29.8 Å². The van der Waals surface area contributed by atoms with E-state index in [1.807, 2.05) is 48.5 Å². The van der Waals surface area contributed by atoms with Crippen LogP contribution in [0.1, 0.15) is 22.3 Å². The van der Waals surface area contributed by atoms with E-state index in [0.29, 0.717) is 16.5 Å². The summed E-state index contributed by atoms with van der Waals surface area (Å²) in [5.74, 6) is 3.06. The molecule has 0 fully saturated rings. The largest absolute Gasteiger partial charge is 0.455 e. The maximum Gasteiger partial charge on any atom is 0.154 e. The molecule has 3 nitrogen and oxygen atoms in total. The molecule has 0 spiro atoms. The van der Waals surface area contributed by atoms with Crippen molar-refractivity contribution >= 4 is 11.6 Å². The van der Waals surface area contributed by atoms with Gasteiger partial charge in [0.15, 0.2) is 11.5 Å². The summed E-state index contributed by atoms with van der Waals surface area (Å²) >= 11 is 6.23. The van der Waals surface area contributed by atoms with E-state index in [4.69, 9.17) is 21.1 Å². The number of rotatable bonds is 1. The van der Waals surface area contributed by atoms with Gasteiger partial charge in [-0.15, -0.1) is 0 Å². The van der Waals surface area contributed by atoms with Crippen LogP contribution in [0.15, 0.2) is 85.2 Å². The zero-order valence-corrected chi connectivity index (χ0v) is 15.5. The molecule has 2 aliphatic rings. The molecule has 134 valence electrons. The van der Waals surface area contributed by atoms with Crippen LogP contribution in [0.25, 0.3) is 0 Å². The number of ether oxygens (including phenoxy) is 2. The summed E-state index contributed by atoms with van der Waals surface area (Å²) in [6.45, 7) is 0. The zero-order valence-electron chi connectivity index (χ0n) is 14.7. The van der Waals surface area contributed by atoms with Crippen molar-refractivity contribution in [2.45, 2.75) is 5.41 Å². The number of nitrogens with zero attached hydrogens (tertiary/aromatic N) is 1. The average Bonchev–Trinajstić information content (AvgIpc) is 2.74. The molecule has 0 N–H and O–H groups in total. The van der Waals surface area contributed by atoms with Gasteiger partial charge in [-0.1, -0.05) is 60.1 Å². The summed E-state index contributed by atoms with van der Waals surface area (Å²) in [5.41, 5.74) is 3.67. The highest BCUT2D eigenvalue weighted by Crippen LogP contribution is 2.62. The van der Waals surface area contributed by atoms with Gasteiger partial charge in [-0.25, -0.2) is 0 Å². The van der Waals surface area contributed by atoms with E-state index >= 15 is 0 Å². The first-order valence-electron chi connectivity index (χ1n) is 9.08. The Hall–Kier alpha value is -3.30. The van der Waals surface area contributed by atoms with Crippen molar-refractivity contribution in [3.8, 4) is 23.0 Å². The first-order chi connectivity index (χ1) is 13.8. The van der Waals surface area contributed by atoms with E-state index in [1.54, 1.807) is 12.4 Å². The molecule has 0 radical (unpaired) electrons. The average molecular weight is 384 g/mol. The predicted molar refractivity (Wildman–Crippen MR) is 108 cm³/mol. The summed E-state index contributed by atoms with van der Waals surface area (Å²) in [7, 11) is 0. The van der Waals surface area contributed by atoms with Crippen LogP contribution in [-0.2, 0) is 5.41 Å². The molecule has 6 rings (SSSR count). The molecule has 0 atom stereocenters. The molecule has 4 aromatic rings. The fourth-order valence-corrected chi connectivity index (χ4v) is 4.61. The summed E-state index contributed by atoms with van der Waals surface area (Å²) in [5, 5.41) is 0.705. The summed E-state index contributed by atoms with van der Waals surface area (Å²) < 4.78 is 12.5. The smallest absolute Gasteiger partial charge is 0.154 e. The van der Waals surface area contributed by atoms with Crippen LogP contribution in [0.5, 0.6) is 23.0 Å². The van der Waals surface area contributed by atoms with Crippen molar-refractivity contribution in [1.82, 2.24) is 4.98 Å². The van der Waals surface area contributed by atoms with Gasteiger partial charge < -0.3 is 9.47 Å². The Bertz CT molecular complexity index is 1170. The van der Waals surface area contributed by atoms with E-state index in [2.05, 4.69) is 29.2 Å². The second-order valence-corrected chi connectivity index (χ2v) is 7.40. The third-order valence-electron chi connectivity index (χ3n) is 5.55. The number of hydrogen-bond donors (Lipinski definition) is 0. The number of halogens is 1. The Morgan fingerprint density at radius 3 is 1.75 bits per heavy atom. The van der Waals surface area contributed by atoms with Crippen LogP contribution in [-0.4, -0.2) is 4.98 Å². The second kappa shape index (κ2) is 5.60. The highest BCUT2D eigenvalue weighted by atomic mass is 35.5. The molecule has 0 amide bonds. The van der Waals surface area contributed by atoms with Crippen molar-refractivity contribution in [2.24, 2.45) is 0 Å². The molecule has 0 unspecified atom stereocenters. The molecule has 28 heavy (non-hydrogen) atoms. The van der Waals surface area contributed by atoms with Gasteiger partial charge in [-0.2, -0.15) is 0 Å². The lowest BCUT2D eigenvalue weighted by atomic mass is 9.62. The lowest BCUT2D eigenvalue weighted by molar-refractivity contribution is 0.382. The zero-order chi connectivity index (χ0) is 18.7. The SMILES string of the molecule is Clc1ccc(C23c4ccccc4Oc4cncc(c42)Oc2ccccc23)cc1. The summed E-state index contributed by atoms with van der Waals surface area (Å²) in [4.78, 5) is 4.35. The number of fused-ring (bicyclic) bond motifs is 4. The highest BCUT2D eigenvalue weighted by Gasteiger charge is 2.51. The third kappa shape index (κ3) is 1.92. The predicted octanol–water partition coefficient (Wildman–Crippen LogP) is 6.33. The van der Waals surface area contributed by atoms with Crippen LogP contribution in [0.2, 0.25) is 5.02 Å². The first kappa shape index (κ1) is 15.7. The molecule has 2 aliphatic heterocycles. The Balaban J connectivity index is 1.84. The fourth-order valence-electron chi connectivity index (χ4n) is 4.49. The van der Waals surface area contributed by atoms with Gasteiger partial charge in [0.05, 0.1) is 23.4 Å². The molecule has 0 saturated carbocycles. The monoisotopic (exact) mass is 383 g/mol. The van der Waals surface area contributed by atoms with Gasteiger partial charge in [0.1, 0.15) is 11.5 Å². The molecule has 0 bridgehead atoms. The molecule has 0 aliphatic carbocycles. The van der Waals surface area contributed by atoms with Gasteiger partial charge in [0, 0.05) is 16.1 Å². The van der Waals surface area contributed by atoms with Crippen molar-refractivity contribution < 1.29 is 9.47 Å². The van der Waals surface area contributed by atoms with Crippen LogP contribution in [0.3, 0.4) is 0 Å². The first-order valence-corrected chi connectivity index (χ1v) is 9.45. The highest BCUT2D eigenvalue weighted by molar-refractivity contribution is 6.30. The lowest BCUT2D eigenvalue weighted by Crippen LogP contribution is -2.37. The van der Waals surface area contributed by atoms with Gasteiger partial charge >= 0.3 is 0 Å². The molecule has 1 aromatic heterocycles. The maximum atomic E-state index is 6.24. The van der Waals surface area contributed by atoms with Crippen LogP contribution in [0.4, 0.5) is 0 Å². The number of aromatic nitrogens is 1. The Morgan fingerprint density at radius 1 is 0.643 bits per heavy atom. The molecule has 3 aromatic carbocycles. The number of benzene rings is 3. The Labute approximate surface area is 167 Å². The van der Waals surface area contributed by atoms with Crippen LogP contribution in [0, 0.1) is 0 Å². The van der Waals surface area contributed by atoms with Gasteiger partial charge in [0.25, 0.3) is 0 Å². The topological polar surface area (TPSA) is 31.4 Å². The Morgan fingerprint density at radius 2 is 1.18 bits per heavy atom. The summed E-state index contributed by atoms with van der Waals surface area (Å²) in [6.07, 6.45) is 3.52. The summed E-state index contributed by atoms with van der Waals surface area (Å²) in [6, 6.07) is 24.4. The Kier molecular flexibility index (Phi) is 3.15. The van der Waals surface area contributed by atoms with Crippen molar-refractivity contribution in [3.63, 3.8) is 0 Å². The minimum absolute atomic E-state index is 0.568. The van der Waals surface area contributed by atoms with Gasteiger partial charge in [0.2, 0.25) is 0 Å². The van der Waals surface area contributed by atoms with Crippen molar-refractivity contribution in [2.75, 3.05) is 0 Å². The minimum atomic E-state index is -0.568. The molecule has 0 saturated heterocycles.